The number of aryl methyl sites for hydroxylation is 2. The molecule has 228 valence electrons. The third kappa shape index (κ3) is 8.42. The van der Waals surface area contributed by atoms with Crippen molar-refractivity contribution in [1.82, 2.24) is 4.98 Å². The Labute approximate surface area is 275 Å². The maximum absolute atomic E-state index is 13.1. The van der Waals surface area contributed by atoms with E-state index in [1.165, 1.54) is 37.3 Å². The molecule has 4 aromatic rings. The van der Waals surface area contributed by atoms with Crippen molar-refractivity contribution >= 4 is 63.1 Å². The van der Waals surface area contributed by atoms with Crippen LogP contribution in [0, 0.1) is 10.5 Å². The number of carbonyl (C=O) groups is 1. The van der Waals surface area contributed by atoms with Crippen LogP contribution in [-0.2, 0) is 28.7 Å². The zero-order chi connectivity index (χ0) is 31.5. The minimum Gasteiger partial charge on any atom is -0.478 e. The predicted octanol–water partition coefficient (Wildman–Crippen LogP) is 10.2. The summed E-state index contributed by atoms with van der Waals surface area (Å²) in [6.07, 6.45) is -3.86. The van der Waals surface area contributed by atoms with Gasteiger partial charge in [-0.1, -0.05) is 53.5 Å². The van der Waals surface area contributed by atoms with Crippen molar-refractivity contribution in [2.75, 3.05) is 0 Å². The fraction of sp³-hybridized carbons (Fsp3) is 0.290. The van der Waals surface area contributed by atoms with Crippen LogP contribution >= 0.6 is 57.1 Å². The van der Waals surface area contributed by atoms with E-state index in [0.717, 1.165) is 37.4 Å². The van der Waals surface area contributed by atoms with E-state index in [4.69, 9.17) is 32.7 Å². The molecule has 0 aliphatic carbocycles. The molecule has 1 heterocycles. The van der Waals surface area contributed by atoms with Crippen molar-refractivity contribution in [3.63, 3.8) is 0 Å². The van der Waals surface area contributed by atoms with E-state index in [2.05, 4.69) is 27.6 Å². The van der Waals surface area contributed by atoms with Crippen molar-refractivity contribution in [3.05, 3.63) is 102 Å². The molecule has 4 rings (SSSR count). The summed E-state index contributed by atoms with van der Waals surface area (Å²) in [4.78, 5) is 17.0. The van der Waals surface area contributed by atoms with Crippen molar-refractivity contribution in [3.8, 4) is 16.3 Å². The van der Waals surface area contributed by atoms with Crippen molar-refractivity contribution < 1.29 is 32.5 Å². The lowest BCUT2D eigenvalue weighted by Gasteiger charge is -2.23. The number of alkyl halides is 3. The molecule has 1 unspecified atom stereocenters. The molecule has 0 spiro atoms. The van der Waals surface area contributed by atoms with Gasteiger partial charge >= 0.3 is 12.1 Å². The first kappa shape index (κ1) is 33.5. The van der Waals surface area contributed by atoms with Crippen molar-refractivity contribution in [2.24, 2.45) is 0 Å². The molecule has 1 aromatic heterocycles. The van der Waals surface area contributed by atoms with Crippen LogP contribution in [0.4, 0.5) is 13.2 Å². The molecular formula is C31H27Cl2F3INO4S. The minimum absolute atomic E-state index is 0.114. The smallest absolute Gasteiger partial charge is 0.416 e. The van der Waals surface area contributed by atoms with E-state index < -0.39 is 29.4 Å². The minimum atomic E-state index is -4.42. The van der Waals surface area contributed by atoms with E-state index in [0.29, 0.717) is 30.0 Å². The first-order valence-electron chi connectivity index (χ1n) is 13.1. The second-order valence-electron chi connectivity index (χ2n) is 10.3. The summed E-state index contributed by atoms with van der Waals surface area (Å²) in [5.41, 5.74) is 0.785. The SMILES string of the molecule is Cc1nc(-c2ccc(C(F)(F)F)cc2)sc1C(CCc1ccc(OC(C)(C)C(=O)O)c(Cl)c1Cl)OCc1ccc(I)cc1. The number of carboxylic acid groups (broad SMARTS) is 1. The highest BCUT2D eigenvalue weighted by Gasteiger charge is 2.32. The third-order valence-electron chi connectivity index (χ3n) is 6.63. The number of nitrogens with zero attached hydrogens (tertiary/aromatic N) is 1. The zero-order valence-corrected chi connectivity index (χ0v) is 27.8. The largest absolute Gasteiger partial charge is 0.478 e. The number of ether oxygens (including phenoxy) is 2. The number of aromatic nitrogens is 1. The molecule has 1 atom stereocenters. The molecule has 5 nitrogen and oxygen atoms in total. The number of aliphatic carboxylic acids is 1. The van der Waals surface area contributed by atoms with Crippen LogP contribution in [0.1, 0.15) is 53.6 Å². The second kappa shape index (κ2) is 13.7. The lowest BCUT2D eigenvalue weighted by molar-refractivity contribution is -0.152. The lowest BCUT2D eigenvalue weighted by Crippen LogP contribution is -2.38. The van der Waals surface area contributed by atoms with Gasteiger partial charge < -0.3 is 14.6 Å². The molecule has 0 fully saturated rings. The molecule has 0 amide bonds. The molecule has 0 aliphatic rings. The number of halogens is 6. The summed E-state index contributed by atoms with van der Waals surface area (Å²) in [7, 11) is 0. The molecular weight excluding hydrogens is 737 g/mol. The summed E-state index contributed by atoms with van der Waals surface area (Å²) < 4.78 is 52.3. The molecule has 12 heteroatoms. The van der Waals surface area contributed by atoms with Gasteiger partial charge in [-0.2, -0.15) is 13.2 Å². The Kier molecular flexibility index (Phi) is 10.7. The van der Waals surface area contributed by atoms with E-state index in [-0.39, 0.29) is 15.8 Å². The van der Waals surface area contributed by atoms with Gasteiger partial charge in [0.25, 0.3) is 0 Å². The molecule has 0 aliphatic heterocycles. The normalized spacial score (nSPS) is 12.8. The molecule has 0 bridgehead atoms. The van der Waals surface area contributed by atoms with Gasteiger partial charge in [-0.15, -0.1) is 11.3 Å². The predicted molar refractivity (Wildman–Crippen MR) is 171 cm³/mol. The zero-order valence-electron chi connectivity index (χ0n) is 23.3. The maximum Gasteiger partial charge on any atom is 0.416 e. The Balaban J connectivity index is 1.59. The van der Waals surface area contributed by atoms with Crippen molar-refractivity contribution in [1.29, 1.82) is 0 Å². The highest BCUT2D eigenvalue weighted by molar-refractivity contribution is 14.1. The van der Waals surface area contributed by atoms with Gasteiger partial charge in [0.05, 0.1) is 33.9 Å². The molecule has 3 aromatic carbocycles. The van der Waals surface area contributed by atoms with Crippen LogP contribution in [0.25, 0.3) is 10.6 Å². The molecule has 0 saturated carbocycles. The third-order valence-corrected chi connectivity index (χ3v) is 9.55. The Morgan fingerprint density at radius 1 is 1.02 bits per heavy atom. The Morgan fingerprint density at radius 2 is 1.67 bits per heavy atom. The summed E-state index contributed by atoms with van der Waals surface area (Å²) in [6, 6.07) is 16.2. The molecule has 0 saturated heterocycles. The average Bonchev–Trinajstić information content (AvgIpc) is 3.34. The number of rotatable bonds is 11. The highest BCUT2D eigenvalue weighted by atomic mass is 127. The molecule has 1 N–H and O–H groups in total. The lowest BCUT2D eigenvalue weighted by atomic mass is 10.0. The van der Waals surface area contributed by atoms with Gasteiger partial charge in [0, 0.05) is 9.13 Å². The van der Waals surface area contributed by atoms with Crippen LogP contribution < -0.4 is 4.74 Å². The fourth-order valence-electron chi connectivity index (χ4n) is 4.15. The van der Waals surface area contributed by atoms with Crippen molar-refractivity contribution in [2.45, 2.75) is 58.1 Å². The van der Waals surface area contributed by atoms with Gasteiger partial charge in [0.1, 0.15) is 15.8 Å². The standard InChI is InChI=1S/C31H27Cl2F3INO4S/c1-17-27(43-28(38-17)20-6-10-21(11-7-20)31(34,35)36)24(41-16-18-4-12-22(37)13-5-18)15-9-19-8-14-23(26(33)25(19)32)42-30(2,3)29(39)40/h4-8,10-14,24H,9,15-16H2,1-3H3,(H,39,40). The Morgan fingerprint density at radius 3 is 2.28 bits per heavy atom. The Bertz CT molecular complexity index is 1590. The highest BCUT2D eigenvalue weighted by Crippen LogP contribution is 2.40. The summed E-state index contributed by atoms with van der Waals surface area (Å²) in [5, 5.41) is 10.4. The van der Waals surface area contributed by atoms with Crippen LogP contribution in [0.3, 0.4) is 0 Å². The van der Waals surface area contributed by atoms with E-state index in [1.807, 2.05) is 31.2 Å². The summed E-state index contributed by atoms with van der Waals surface area (Å²) in [6.45, 7) is 5.01. The van der Waals surface area contributed by atoms with Crippen LogP contribution in [0.15, 0.2) is 60.7 Å². The van der Waals surface area contributed by atoms with Gasteiger partial charge in [0.2, 0.25) is 0 Å². The van der Waals surface area contributed by atoms with Crippen LogP contribution in [0.2, 0.25) is 10.0 Å². The summed E-state index contributed by atoms with van der Waals surface area (Å²) in [5.74, 6) is -0.985. The number of hydrogen-bond acceptors (Lipinski definition) is 5. The number of thiazole rings is 1. The molecule has 43 heavy (non-hydrogen) atoms. The fourth-order valence-corrected chi connectivity index (χ4v) is 6.14. The second-order valence-corrected chi connectivity index (χ2v) is 13.3. The Hall–Kier alpha value is -2.38. The quantitative estimate of drug-likeness (QED) is 0.154. The van der Waals surface area contributed by atoms with E-state index in [1.54, 1.807) is 12.1 Å². The van der Waals surface area contributed by atoms with Gasteiger partial charge in [-0.05, 0) is 97.7 Å². The van der Waals surface area contributed by atoms with Gasteiger partial charge in [-0.25, -0.2) is 9.78 Å². The van der Waals surface area contributed by atoms with Gasteiger partial charge in [0.15, 0.2) is 5.60 Å². The van der Waals surface area contributed by atoms with E-state index >= 15 is 0 Å². The first-order chi connectivity index (χ1) is 20.2. The summed E-state index contributed by atoms with van der Waals surface area (Å²) >= 11 is 16.7. The number of hydrogen-bond donors (Lipinski definition) is 1. The maximum atomic E-state index is 13.1. The van der Waals surface area contributed by atoms with E-state index in [9.17, 15) is 23.1 Å². The number of carboxylic acids is 1. The van der Waals surface area contributed by atoms with Crippen LogP contribution in [0.5, 0.6) is 5.75 Å². The first-order valence-corrected chi connectivity index (χ1v) is 15.7. The average molecular weight is 764 g/mol. The topological polar surface area (TPSA) is 68.7 Å². The molecule has 0 radical (unpaired) electrons. The number of benzene rings is 3. The monoisotopic (exact) mass is 763 g/mol. The van der Waals surface area contributed by atoms with Gasteiger partial charge in [-0.3, -0.25) is 0 Å². The van der Waals surface area contributed by atoms with Crippen LogP contribution in [-0.4, -0.2) is 21.7 Å².